The molecule has 3 rings (SSSR count). The summed E-state index contributed by atoms with van der Waals surface area (Å²) < 4.78 is 7.58. The first kappa shape index (κ1) is 10.1. The molecule has 0 radical (unpaired) electrons. The van der Waals surface area contributed by atoms with Gasteiger partial charge in [-0.3, -0.25) is 4.68 Å². The van der Waals surface area contributed by atoms with Crippen LogP contribution in [0.25, 0.3) is 0 Å². The normalized spacial score (nSPS) is 24.9. The third kappa shape index (κ3) is 2.55. The van der Waals surface area contributed by atoms with E-state index in [9.17, 15) is 0 Å². The average molecular weight is 221 g/mol. The number of aromatic nitrogens is 2. The summed E-state index contributed by atoms with van der Waals surface area (Å²) >= 11 is 0. The zero-order valence-corrected chi connectivity index (χ0v) is 9.56. The molecule has 2 heterocycles. The molecule has 1 aliphatic heterocycles. The van der Waals surface area contributed by atoms with E-state index in [4.69, 9.17) is 4.74 Å². The van der Waals surface area contributed by atoms with Gasteiger partial charge in [-0.05, 0) is 31.6 Å². The minimum Gasteiger partial charge on any atom is -0.382 e. The Balaban J connectivity index is 1.50. The van der Waals surface area contributed by atoms with Crippen molar-refractivity contribution in [2.45, 2.75) is 38.3 Å². The maximum absolute atomic E-state index is 5.59. The van der Waals surface area contributed by atoms with Crippen LogP contribution >= 0.6 is 0 Å². The van der Waals surface area contributed by atoms with Gasteiger partial charge in [0.05, 0.1) is 24.5 Å². The zero-order valence-electron chi connectivity index (χ0n) is 9.56. The highest BCUT2D eigenvalue weighted by atomic mass is 16.5. The van der Waals surface area contributed by atoms with Crippen molar-refractivity contribution in [3.63, 3.8) is 0 Å². The molecular weight excluding hydrogens is 202 g/mol. The van der Waals surface area contributed by atoms with Crippen LogP contribution in [0.2, 0.25) is 0 Å². The number of hydrogen-bond donors (Lipinski definition) is 1. The molecule has 1 aromatic rings. The predicted octanol–water partition coefficient (Wildman–Crippen LogP) is 1.88. The van der Waals surface area contributed by atoms with Gasteiger partial charge in [0.15, 0.2) is 0 Å². The molecule has 16 heavy (non-hydrogen) atoms. The van der Waals surface area contributed by atoms with Gasteiger partial charge in [-0.15, -0.1) is 0 Å². The van der Waals surface area contributed by atoms with Crippen molar-refractivity contribution >= 4 is 5.69 Å². The highest BCUT2D eigenvalue weighted by molar-refractivity contribution is 5.38. The van der Waals surface area contributed by atoms with Crippen LogP contribution < -0.4 is 5.32 Å². The van der Waals surface area contributed by atoms with Gasteiger partial charge < -0.3 is 10.1 Å². The van der Waals surface area contributed by atoms with Gasteiger partial charge >= 0.3 is 0 Å². The van der Waals surface area contributed by atoms with Gasteiger partial charge in [0.25, 0.3) is 0 Å². The van der Waals surface area contributed by atoms with Gasteiger partial charge in [-0.2, -0.15) is 5.10 Å². The number of anilines is 1. The summed E-state index contributed by atoms with van der Waals surface area (Å²) in [5.41, 5.74) is 1.14. The van der Waals surface area contributed by atoms with Crippen LogP contribution in [0.1, 0.15) is 25.7 Å². The van der Waals surface area contributed by atoms with Crippen molar-refractivity contribution < 1.29 is 4.74 Å². The maximum atomic E-state index is 5.59. The summed E-state index contributed by atoms with van der Waals surface area (Å²) in [6.07, 6.45) is 9.51. The summed E-state index contributed by atoms with van der Waals surface area (Å²) in [5, 5.41) is 7.78. The Morgan fingerprint density at radius 1 is 1.44 bits per heavy atom. The number of nitrogens with one attached hydrogen (secondary N) is 1. The Kier molecular flexibility index (Phi) is 2.82. The van der Waals surface area contributed by atoms with E-state index >= 15 is 0 Å². The van der Waals surface area contributed by atoms with Crippen LogP contribution in [0.5, 0.6) is 0 Å². The van der Waals surface area contributed by atoms with E-state index in [1.54, 1.807) is 0 Å². The molecule has 0 aromatic carbocycles. The lowest BCUT2D eigenvalue weighted by molar-refractivity contribution is 0.0940. The summed E-state index contributed by atoms with van der Waals surface area (Å²) in [6, 6.07) is 0. The topological polar surface area (TPSA) is 39.1 Å². The van der Waals surface area contributed by atoms with Gasteiger partial charge in [0.2, 0.25) is 0 Å². The highest BCUT2D eigenvalue weighted by Crippen LogP contribution is 2.28. The molecule has 1 unspecified atom stereocenters. The molecule has 0 amide bonds. The minimum absolute atomic E-state index is 0.371. The Bertz CT molecular complexity index is 340. The van der Waals surface area contributed by atoms with Crippen LogP contribution in [-0.2, 0) is 11.3 Å². The van der Waals surface area contributed by atoms with Crippen molar-refractivity contribution in [2.24, 2.45) is 5.92 Å². The molecule has 1 saturated carbocycles. The fourth-order valence-electron chi connectivity index (χ4n) is 2.14. The molecule has 0 bridgehead atoms. The number of rotatable bonds is 5. The van der Waals surface area contributed by atoms with Crippen LogP contribution in [0.15, 0.2) is 12.4 Å². The smallest absolute Gasteiger partial charge is 0.0771 e. The van der Waals surface area contributed by atoms with Crippen molar-refractivity contribution in [3.8, 4) is 0 Å². The number of ether oxygens (including phenoxy) is 1. The lowest BCUT2D eigenvalue weighted by atomic mass is 10.2. The van der Waals surface area contributed by atoms with Crippen molar-refractivity contribution in [1.82, 2.24) is 9.78 Å². The summed E-state index contributed by atoms with van der Waals surface area (Å²) in [6.45, 7) is 2.91. The second-order valence-electron chi connectivity index (χ2n) is 4.91. The number of nitrogens with zero attached hydrogens (tertiary/aromatic N) is 2. The van der Waals surface area contributed by atoms with Crippen molar-refractivity contribution in [2.75, 3.05) is 18.5 Å². The van der Waals surface area contributed by atoms with Gasteiger partial charge in [0.1, 0.15) is 0 Å². The SMILES string of the molecule is c1nn(CC2CCCO2)cc1NCC1CC1. The second-order valence-corrected chi connectivity index (χ2v) is 4.91. The fourth-order valence-corrected chi connectivity index (χ4v) is 2.14. The van der Waals surface area contributed by atoms with Crippen molar-refractivity contribution in [3.05, 3.63) is 12.4 Å². The second kappa shape index (κ2) is 4.45. The summed E-state index contributed by atoms with van der Waals surface area (Å²) in [5.74, 6) is 0.904. The highest BCUT2D eigenvalue weighted by Gasteiger charge is 2.21. The van der Waals surface area contributed by atoms with E-state index in [0.29, 0.717) is 6.10 Å². The van der Waals surface area contributed by atoms with Crippen molar-refractivity contribution in [1.29, 1.82) is 0 Å². The molecule has 2 aliphatic rings. The largest absolute Gasteiger partial charge is 0.382 e. The third-order valence-corrected chi connectivity index (χ3v) is 3.34. The van der Waals surface area contributed by atoms with E-state index in [2.05, 4.69) is 16.6 Å². The first-order valence-electron chi connectivity index (χ1n) is 6.28. The van der Waals surface area contributed by atoms with Gasteiger partial charge in [-0.25, -0.2) is 0 Å². The molecule has 2 fully saturated rings. The molecule has 88 valence electrons. The Labute approximate surface area is 96.0 Å². The van der Waals surface area contributed by atoms with E-state index < -0.39 is 0 Å². The molecule has 1 aliphatic carbocycles. The van der Waals surface area contributed by atoms with E-state index in [0.717, 1.165) is 31.3 Å². The standard InChI is InChI=1S/C12H19N3O/c1-2-12(16-5-1)9-15-8-11(7-14-15)13-6-10-3-4-10/h7-8,10,12-13H,1-6,9H2. The Morgan fingerprint density at radius 2 is 2.38 bits per heavy atom. The summed E-state index contributed by atoms with van der Waals surface area (Å²) in [4.78, 5) is 0. The predicted molar refractivity (Wildman–Crippen MR) is 62.4 cm³/mol. The average Bonchev–Trinajstić information content (AvgIpc) is 2.78. The molecular formula is C12H19N3O. The summed E-state index contributed by atoms with van der Waals surface area (Å²) in [7, 11) is 0. The van der Waals surface area contributed by atoms with E-state index in [1.165, 1.54) is 25.7 Å². The van der Waals surface area contributed by atoms with Crippen LogP contribution in [-0.4, -0.2) is 29.0 Å². The first-order chi connectivity index (χ1) is 7.90. The fraction of sp³-hybridized carbons (Fsp3) is 0.750. The van der Waals surface area contributed by atoms with Gasteiger partial charge in [0, 0.05) is 19.3 Å². The quantitative estimate of drug-likeness (QED) is 0.825. The Morgan fingerprint density at radius 3 is 3.12 bits per heavy atom. The van der Waals surface area contributed by atoms with E-state index in [1.807, 2.05) is 10.9 Å². The monoisotopic (exact) mass is 221 g/mol. The third-order valence-electron chi connectivity index (χ3n) is 3.34. The van der Waals surface area contributed by atoms with Crippen LogP contribution in [0.4, 0.5) is 5.69 Å². The minimum atomic E-state index is 0.371. The maximum Gasteiger partial charge on any atom is 0.0771 e. The van der Waals surface area contributed by atoms with Gasteiger partial charge in [-0.1, -0.05) is 0 Å². The van der Waals surface area contributed by atoms with Crippen LogP contribution in [0, 0.1) is 5.92 Å². The molecule has 1 atom stereocenters. The Hall–Kier alpha value is -1.03. The molecule has 1 N–H and O–H groups in total. The zero-order chi connectivity index (χ0) is 10.8. The number of hydrogen-bond acceptors (Lipinski definition) is 3. The van der Waals surface area contributed by atoms with E-state index in [-0.39, 0.29) is 0 Å². The molecule has 4 heteroatoms. The molecule has 0 spiro atoms. The lowest BCUT2D eigenvalue weighted by Crippen LogP contribution is -2.15. The lowest BCUT2D eigenvalue weighted by Gasteiger charge is -2.08. The molecule has 1 aromatic heterocycles. The van der Waals surface area contributed by atoms with Crippen LogP contribution in [0.3, 0.4) is 0 Å². The molecule has 1 saturated heterocycles. The first-order valence-corrected chi connectivity index (χ1v) is 6.28. The molecule has 4 nitrogen and oxygen atoms in total.